The first-order valence-corrected chi connectivity index (χ1v) is 10.7. The van der Waals surface area contributed by atoms with E-state index < -0.39 is 5.97 Å². The van der Waals surface area contributed by atoms with E-state index in [1.807, 2.05) is 23.6 Å². The molecule has 0 bridgehead atoms. The Labute approximate surface area is 179 Å². The Morgan fingerprint density at radius 1 is 1.24 bits per heavy atom. The second-order valence-electron chi connectivity index (χ2n) is 6.96. The standard InChI is InChI=1S/C21H23ClN2O4S/c1-28-19(25)14-24(12-15-6-8-17(22)9-7-15)20(26)16-4-2-10-23(13-16)21(27)18-5-3-11-29-18/h3,5-9,11,16H,2,4,10,12-14H2,1H3. The number of carbonyl (C=O) groups excluding carboxylic acids is 3. The summed E-state index contributed by atoms with van der Waals surface area (Å²) >= 11 is 7.33. The third-order valence-corrected chi connectivity index (χ3v) is 6.05. The van der Waals surface area contributed by atoms with Gasteiger partial charge in [0, 0.05) is 24.7 Å². The first-order valence-electron chi connectivity index (χ1n) is 9.40. The van der Waals surface area contributed by atoms with Crippen molar-refractivity contribution in [3.8, 4) is 0 Å². The van der Waals surface area contributed by atoms with Gasteiger partial charge in [0.1, 0.15) is 6.54 Å². The summed E-state index contributed by atoms with van der Waals surface area (Å²) in [6.07, 6.45) is 1.44. The lowest BCUT2D eigenvalue weighted by molar-refractivity contribution is -0.149. The predicted octanol–water partition coefficient (Wildman–Crippen LogP) is 3.46. The van der Waals surface area contributed by atoms with Crippen LogP contribution in [0, 0.1) is 5.92 Å². The fourth-order valence-corrected chi connectivity index (χ4v) is 4.24. The Bertz CT molecular complexity index is 854. The maximum Gasteiger partial charge on any atom is 0.325 e. The molecule has 154 valence electrons. The van der Waals surface area contributed by atoms with Crippen molar-refractivity contribution in [2.75, 3.05) is 26.7 Å². The second kappa shape index (κ2) is 9.89. The maximum atomic E-state index is 13.2. The molecular formula is C21H23ClN2O4S. The molecule has 1 aromatic heterocycles. The van der Waals surface area contributed by atoms with E-state index in [0.29, 0.717) is 29.4 Å². The van der Waals surface area contributed by atoms with Crippen LogP contribution in [0.5, 0.6) is 0 Å². The van der Waals surface area contributed by atoms with Crippen LogP contribution in [-0.4, -0.2) is 54.3 Å². The molecule has 1 fully saturated rings. The van der Waals surface area contributed by atoms with Crippen molar-refractivity contribution in [2.45, 2.75) is 19.4 Å². The number of piperidine rings is 1. The molecular weight excluding hydrogens is 412 g/mol. The summed E-state index contributed by atoms with van der Waals surface area (Å²) in [5.41, 5.74) is 0.869. The lowest BCUT2D eigenvalue weighted by Gasteiger charge is -2.34. The van der Waals surface area contributed by atoms with Crippen molar-refractivity contribution < 1.29 is 19.1 Å². The van der Waals surface area contributed by atoms with E-state index in [9.17, 15) is 14.4 Å². The number of thiophene rings is 1. The summed E-state index contributed by atoms with van der Waals surface area (Å²) in [5, 5.41) is 2.47. The minimum Gasteiger partial charge on any atom is -0.468 e. The first-order chi connectivity index (χ1) is 14.0. The van der Waals surface area contributed by atoms with Gasteiger partial charge in [0.25, 0.3) is 5.91 Å². The third kappa shape index (κ3) is 5.58. The number of carbonyl (C=O) groups is 3. The molecule has 2 amide bonds. The molecule has 2 heterocycles. The molecule has 0 N–H and O–H groups in total. The van der Waals surface area contributed by atoms with E-state index >= 15 is 0 Å². The largest absolute Gasteiger partial charge is 0.468 e. The normalized spacial score (nSPS) is 16.3. The van der Waals surface area contributed by atoms with Gasteiger partial charge in [-0.3, -0.25) is 14.4 Å². The fourth-order valence-electron chi connectivity index (χ4n) is 3.42. The molecule has 3 rings (SSSR count). The zero-order valence-electron chi connectivity index (χ0n) is 16.2. The van der Waals surface area contributed by atoms with Gasteiger partial charge in [-0.15, -0.1) is 11.3 Å². The highest BCUT2D eigenvalue weighted by molar-refractivity contribution is 7.12. The number of hydrogen-bond acceptors (Lipinski definition) is 5. The van der Waals surface area contributed by atoms with Crippen LogP contribution in [0.1, 0.15) is 28.1 Å². The van der Waals surface area contributed by atoms with Crippen LogP contribution in [0.25, 0.3) is 0 Å². The highest BCUT2D eigenvalue weighted by Gasteiger charge is 2.32. The van der Waals surface area contributed by atoms with E-state index in [-0.39, 0.29) is 30.8 Å². The molecule has 0 aliphatic carbocycles. The van der Waals surface area contributed by atoms with Crippen LogP contribution in [-0.2, 0) is 20.9 Å². The smallest absolute Gasteiger partial charge is 0.325 e. The van der Waals surface area contributed by atoms with Crippen molar-refractivity contribution in [1.82, 2.24) is 9.80 Å². The van der Waals surface area contributed by atoms with E-state index in [1.54, 1.807) is 23.1 Å². The quantitative estimate of drug-likeness (QED) is 0.653. The van der Waals surface area contributed by atoms with Gasteiger partial charge in [-0.05, 0) is 42.0 Å². The highest BCUT2D eigenvalue weighted by atomic mass is 35.5. The number of hydrogen-bond donors (Lipinski definition) is 0. The summed E-state index contributed by atoms with van der Waals surface area (Å²) in [6.45, 7) is 1.14. The number of amides is 2. The molecule has 6 nitrogen and oxygen atoms in total. The van der Waals surface area contributed by atoms with E-state index in [0.717, 1.165) is 12.0 Å². The summed E-state index contributed by atoms with van der Waals surface area (Å²) in [4.78, 5) is 41.7. The summed E-state index contributed by atoms with van der Waals surface area (Å²) in [6, 6.07) is 10.8. The number of esters is 1. The Hall–Kier alpha value is -2.38. The van der Waals surface area contributed by atoms with Gasteiger partial charge in [0.2, 0.25) is 5.91 Å². The van der Waals surface area contributed by atoms with E-state index in [2.05, 4.69) is 0 Å². The minimum atomic E-state index is -0.477. The molecule has 1 aliphatic rings. The number of likely N-dealkylation sites (tertiary alicyclic amines) is 1. The molecule has 1 aliphatic heterocycles. The van der Waals surface area contributed by atoms with E-state index in [1.165, 1.54) is 23.3 Å². The molecule has 0 saturated carbocycles. The predicted molar refractivity (Wildman–Crippen MR) is 112 cm³/mol. The Kier molecular flexibility index (Phi) is 7.28. The van der Waals surface area contributed by atoms with Crippen molar-refractivity contribution in [1.29, 1.82) is 0 Å². The molecule has 8 heteroatoms. The summed E-state index contributed by atoms with van der Waals surface area (Å²) < 4.78 is 4.77. The maximum absolute atomic E-state index is 13.2. The third-order valence-electron chi connectivity index (χ3n) is 4.94. The number of methoxy groups -OCH3 is 1. The lowest BCUT2D eigenvalue weighted by Crippen LogP contribution is -2.47. The Balaban J connectivity index is 1.72. The zero-order valence-corrected chi connectivity index (χ0v) is 17.7. The van der Waals surface area contributed by atoms with Crippen molar-refractivity contribution in [3.63, 3.8) is 0 Å². The van der Waals surface area contributed by atoms with Crippen LogP contribution in [0.4, 0.5) is 0 Å². The van der Waals surface area contributed by atoms with Crippen LogP contribution in [0.3, 0.4) is 0 Å². The summed E-state index contributed by atoms with van der Waals surface area (Å²) in [7, 11) is 1.30. The van der Waals surface area contributed by atoms with Gasteiger partial charge < -0.3 is 14.5 Å². The first kappa shape index (κ1) is 21.3. The number of ether oxygens (including phenoxy) is 1. The van der Waals surface area contributed by atoms with Gasteiger partial charge in [-0.1, -0.05) is 29.8 Å². The number of rotatable bonds is 6. The fraction of sp³-hybridized carbons (Fsp3) is 0.381. The molecule has 1 aromatic carbocycles. The van der Waals surface area contributed by atoms with Crippen LogP contribution in [0.15, 0.2) is 41.8 Å². The molecule has 0 spiro atoms. The zero-order chi connectivity index (χ0) is 20.8. The molecule has 29 heavy (non-hydrogen) atoms. The molecule has 0 radical (unpaired) electrons. The van der Waals surface area contributed by atoms with Gasteiger partial charge in [-0.25, -0.2) is 0 Å². The topological polar surface area (TPSA) is 66.9 Å². The highest BCUT2D eigenvalue weighted by Crippen LogP contribution is 2.23. The van der Waals surface area contributed by atoms with Crippen LogP contribution >= 0.6 is 22.9 Å². The van der Waals surface area contributed by atoms with Gasteiger partial charge in [0.05, 0.1) is 17.9 Å². The summed E-state index contributed by atoms with van der Waals surface area (Å²) in [5.74, 6) is -1.01. The minimum absolute atomic E-state index is 0.0466. The van der Waals surface area contributed by atoms with Crippen molar-refractivity contribution >= 4 is 40.7 Å². The van der Waals surface area contributed by atoms with Crippen molar-refractivity contribution in [2.24, 2.45) is 5.92 Å². The number of halogens is 1. The average Bonchev–Trinajstić information content (AvgIpc) is 3.28. The lowest BCUT2D eigenvalue weighted by atomic mass is 9.96. The monoisotopic (exact) mass is 434 g/mol. The second-order valence-corrected chi connectivity index (χ2v) is 8.35. The van der Waals surface area contributed by atoms with Gasteiger partial charge in [0.15, 0.2) is 0 Å². The number of benzene rings is 1. The Morgan fingerprint density at radius 2 is 2.00 bits per heavy atom. The Morgan fingerprint density at radius 3 is 2.66 bits per heavy atom. The van der Waals surface area contributed by atoms with Gasteiger partial charge >= 0.3 is 5.97 Å². The number of nitrogens with zero attached hydrogens (tertiary/aromatic N) is 2. The SMILES string of the molecule is COC(=O)CN(Cc1ccc(Cl)cc1)C(=O)C1CCCN(C(=O)c2cccs2)C1. The molecule has 1 atom stereocenters. The molecule has 1 saturated heterocycles. The molecule has 1 unspecified atom stereocenters. The molecule has 2 aromatic rings. The van der Waals surface area contributed by atoms with Crippen LogP contribution in [0.2, 0.25) is 5.02 Å². The van der Waals surface area contributed by atoms with Crippen molar-refractivity contribution in [3.05, 3.63) is 57.2 Å². The van der Waals surface area contributed by atoms with Gasteiger partial charge in [-0.2, -0.15) is 0 Å². The van der Waals surface area contributed by atoms with E-state index in [4.69, 9.17) is 16.3 Å². The van der Waals surface area contributed by atoms with Crippen LogP contribution < -0.4 is 0 Å². The average molecular weight is 435 g/mol.